The molecular formula is C19H18F3N5O. The number of rotatable bonds is 3. The topological polar surface area (TPSA) is 73.9 Å². The standard InChI is InChI=1S/C19H18F3N5O/c20-19(21,22)12-4-6-13(7-5-12)24-16-15-14(8-9-23-17(15)28)25-18(26-16)27-10-2-1-3-11-27/h4-9H,1-3,10-11H2,(H,23,28)(H,24,25,26). The van der Waals surface area contributed by atoms with Gasteiger partial charge in [-0.3, -0.25) is 4.79 Å². The SMILES string of the molecule is O=c1[nH]ccc2nc(N3CCCCC3)nc(Nc3ccc(C(F)(F)F)cc3)c12. The van der Waals surface area contributed by atoms with Gasteiger partial charge in [0.2, 0.25) is 5.95 Å². The highest BCUT2D eigenvalue weighted by atomic mass is 19.4. The number of fused-ring (bicyclic) bond motifs is 1. The first-order chi connectivity index (χ1) is 13.4. The second-order valence-electron chi connectivity index (χ2n) is 6.69. The van der Waals surface area contributed by atoms with Gasteiger partial charge in [0.15, 0.2) is 0 Å². The molecule has 1 fully saturated rings. The van der Waals surface area contributed by atoms with Crippen LogP contribution in [0.15, 0.2) is 41.3 Å². The molecule has 2 N–H and O–H groups in total. The van der Waals surface area contributed by atoms with Gasteiger partial charge in [0.25, 0.3) is 5.56 Å². The summed E-state index contributed by atoms with van der Waals surface area (Å²) in [6.07, 6.45) is 0.343. The maximum Gasteiger partial charge on any atom is 0.416 e. The number of aromatic amines is 1. The van der Waals surface area contributed by atoms with Gasteiger partial charge in [-0.15, -0.1) is 0 Å². The van der Waals surface area contributed by atoms with E-state index in [-0.39, 0.29) is 16.8 Å². The lowest BCUT2D eigenvalue weighted by atomic mass is 10.1. The number of nitrogens with one attached hydrogen (secondary N) is 2. The molecular weight excluding hydrogens is 371 g/mol. The van der Waals surface area contributed by atoms with Crippen LogP contribution in [0, 0.1) is 0 Å². The molecule has 0 saturated carbocycles. The van der Waals surface area contributed by atoms with E-state index >= 15 is 0 Å². The Morgan fingerprint density at radius 2 is 1.71 bits per heavy atom. The summed E-state index contributed by atoms with van der Waals surface area (Å²) in [7, 11) is 0. The minimum Gasteiger partial charge on any atom is -0.341 e. The fraction of sp³-hybridized carbons (Fsp3) is 0.316. The molecule has 6 nitrogen and oxygen atoms in total. The molecule has 1 saturated heterocycles. The zero-order chi connectivity index (χ0) is 19.7. The van der Waals surface area contributed by atoms with Crippen molar-refractivity contribution in [2.75, 3.05) is 23.3 Å². The number of benzene rings is 1. The third-order valence-corrected chi connectivity index (χ3v) is 4.72. The molecule has 0 unspecified atom stereocenters. The molecule has 4 rings (SSSR count). The van der Waals surface area contributed by atoms with Crippen LogP contribution in [0.4, 0.5) is 30.6 Å². The van der Waals surface area contributed by atoms with E-state index in [1.807, 2.05) is 0 Å². The first-order valence-corrected chi connectivity index (χ1v) is 9.00. The summed E-state index contributed by atoms with van der Waals surface area (Å²) in [5.41, 5.74) is -0.218. The average Bonchev–Trinajstić information content (AvgIpc) is 2.68. The van der Waals surface area contributed by atoms with Gasteiger partial charge in [-0.1, -0.05) is 0 Å². The van der Waals surface area contributed by atoms with Crippen molar-refractivity contribution in [1.29, 1.82) is 0 Å². The summed E-state index contributed by atoms with van der Waals surface area (Å²) < 4.78 is 38.3. The van der Waals surface area contributed by atoms with Gasteiger partial charge in [-0.05, 0) is 49.6 Å². The third-order valence-electron chi connectivity index (χ3n) is 4.72. The average molecular weight is 389 g/mol. The number of pyridine rings is 1. The van der Waals surface area contributed by atoms with E-state index in [9.17, 15) is 18.0 Å². The predicted octanol–water partition coefficient (Wildman–Crippen LogP) is 4.07. The fourth-order valence-corrected chi connectivity index (χ4v) is 3.28. The Bertz CT molecular complexity index is 1040. The normalized spacial score (nSPS) is 15.0. The van der Waals surface area contributed by atoms with E-state index in [1.165, 1.54) is 18.3 Å². The molecule has 0 bridgehead atoms. The van der Waals surface area contributed by atoms with Gasteiger partial charge in [0.05, 0.1) is 11.1 Å². The fourth-order valence-electron chi connectivity index (χ4n) is 3.28. The number of anilines is 3. The maximum absolute atomic E-state index is 12.8. The van der Waals surface area contributed by atoms with Crippen molar-refractivity contribution in [2.24, 2.45) is 0 Å². The van der Waals surface area contributed by atoms with Crippen LogP contribution in [0.2, 0.25) is 0 Å². The minimum absolute atomic E-state index is 0.267. The predicted molar refractivity (Wildman–Crippen MR) is 101 cm³/mol. The summed E-state index contributed by atoms with van der Waals surface area (Å²) in [6, 6.07) is 6.29. The van der Waals surface area contributed by atoms with Crippen LogP contribution < -0.4 is 15.8 Å². The maximum atomic E-state index is 12.8. The molecule has 2 aromatic heterocycles. The van der Waals surface area contributed by atoms with Crippen molar-refractivity contribution in [3.63, 3.8) is 0 Å². The van der Waals surface area contributed by atoms with Crippen LogP contribution >= 0.6 is 0 Å². The summed E-state index contributed by atoms with van der Waals surface area (Å²) in [5, 5.41) is 3.25. The number of halogens is 3. The van der Waals surface area contributed by atoms with E-state index in [2.05, 4.69) is 25.2 Å². The summed E-state index contributed by atoms with van der Waals surface area (Å²) >= 11 is 0. The lowest BCUT2D eigenvalue weighted by molar-refractivity contribution is -0.137. The Kier molecular flexibility index (Phi) is 4.66. The van der Waals surface area contributed by atoms with Crippen LogP contribution in [0.5, 0.6) is 0 Å². The zero-order valence-electron chi connectivity index (χ0n) is 14.9. The van der Waals surface area contributed by atoms with Crippen LogP contribution in [-0.2, 0) is 6.18 Å². The largest absolute Gasteiger partial charge is 0.416 e. The molecule has 0 radical (unpaired) electrons. The van der Waals surface area contributed by atoms with Crippen LogP contribution in [0.25, 0.3) is 10.9 Å². The molecule has 0 spiro atoms. The quantitative estimate of drug-likeness (QED) is 0.706. The summed E-state index contributed by atoms with van der Waals surface area (Å²) in [5.74, 6) is 0.777. The lowest BCUT2D eigenvalue weighted by Crippen LogP contribution is -2.31. The highest BCUT2D eigenvalue weighted by Crippen LogP contribution is 2.31. The molecule has 1 aliphatic heterocycles. The number of hydrogen-bond acceptors (Lipinski definition) is 5. The second kappa shape index (κ2) is 7.14. The first-order valence-electron chi connectivity index (χ1n) is 9.00. The van der Waals surface area contributed by atoms with Gasteiger partial charge in [0, 0.05) is 25.0 Å². The number of alkyl halides is 3. The van der Waals surface area contributed by atoms with Gasteiger partial charge < -0.3 is 15.2 Å². The molecule has 146 valence electrons. The smallest absolute Gasteiger partial charge is 0.341 e. The Labute approximate surface area is 158 Å². The Morgan fingerprint density at radius 3 is 2.39 bits per heavy atom. The molecule has 1 aliphatic rings. The molecule has 0 aliphatic carbocycles. The minimum atomic E-state index is -4.40. The Morgan fingerprint density at radius 1 is 1.00 bits per heavy atom. The van der Waals surface area contributed by atoms with Crippen molar-refractivity contribution in [3.8, 4) is 0 Å². The molecule has 0 amide bonds. The van der Waals surface area contributed by atoms with Crippen LogP contribution in [-0.4, -0.2) is 28.0 Å². The second-order valence-corrected chi connectivity index (χ2v) is 6.69. The van der Waals surface area contributed by atoms with Gasteiger partial charge >= 0.3 is 6.18 Å². The lowest BCUT2D eigenvalue weighted by Gasteiger charge is -2.27. The highest BCUT2D eigenvalue weighted by Gasteiger charge is 2.30. The number of nitrogens with zero attached hydrogens (tertiary/aromatic N) is 3. The first kappa shape index (κ1) is 18.3. The third kappa shape index (κ3) is 3.64. The van der Waals surface area contributed by atoms with E-state index in [1.54, 1.807) is 6.07 Å². The molecule has 3 heterocycles. The van der Waals surface area contributed by atoms with E-state index in [0.717, 1.165) is 44.5 Å². The highest BCUT2D eigenvalue weighted by molar-refractivity contribution is 5.90. The van der Waals surface area contributed by atoms with Crippen LogP contribution in [0.1, 0.15) is 24.8 Å². The molecule has 0 atom stereocenters. The van der Waals surface area contributed by atoms with Crippen molar-refractivity contribution in [3.05, 3.63) is 52.4 Å². The Hall–Kier alpha value is -3.10. The molecule has 1 aromatic carbocycles. The number of piperidine rings is 1. The van der Waals surface area contributed by atoms with E-state index in [0.29, 0.717) is 17.2 Å². The summed E-state index contributed by atoms with van der Waals surface area (Å²) in [6.45, 7) is 1.66. The van der Waals surface area contributed by atoms with E-state index < -0.39 is 11.7 Å². The van der Waals surface area contributed by atoms with Crippen molar-refractivity contribution < 1.29 is 13.2 Å². The van der Waals surface area contributed by atoms with E-state index in [4.69, 9.17) is 0 Å². The summed E-state index contributed by atoms with van der Waals surface area (Å²) in [4.78, 5) is 26.0. The zero-order valence-corrected chi connectivity index (χ0v) is 14.9. The van der Waals surface area contributed by atoms with Gasteiger partial charge in [-0.25, -0.2) is 4.98 Å². The van der Waals surface area contributed by atoms with Crippen molar-refractivity contribution >= 4 is 28.4 Å². The molecule has 28 heavy (non-hydrogen) atoms. The van der Waals surface area contributed by atoms with Gasteiger partial charge in [-0.2, -0.15) is 18.2 Å². The van der Waals surface area contributed by atoms with Crippen LogP contribution in [0.3, 0.4) is 0 Å². The number of aromatic nitrogens is 3. The monoisotopic (exact) mass is 389 g/mol. The molecule has 3 aromatic rings. The Balaban J connectivity index is 1.75. The van der Waals surface area contributed by atoms with Crippen molar-refractivity contribution in [1.82, 2.24) is 15.0 Å². The number of hydrogen-bond donors (Lipinski definition) is 2. The van der Waals surface area contributed by atoms with Crippen molar-refractivity contribution in [2.45, 2.75) is 25.4 Å². The molecule has 9 heteroatoms. The van der Waals surface area contributed by atoms with Gasteiger partial charge in [0.1, 0.15) is 11.2 Å². The number of H-pyrrole nitrogens is 1.